The highest BCUT2D eigenvalue weighted by atomic mass is 16.6. The van der Waals surface area contributed by atoms with Gasteiger partial charge >= 0.3 is 5.97 Å². The predicted octanol–water partition coefficient (Wildman–Crippen LogP) is 2.00. The van der Waals surface area contributed by atoms with Crippen molar-refractivity contribution in [2.24, 2.45) is 0 Å². The van der Waals surface area contributed by atoms with Crippen LogP contribution in [0, 0.1) is 0 Å². The molecule has 0 saturated heterocycles. The van der Waals surface area contributed by atoms with Gasteiger partial charge < -0.3 is 9.84 Å². The molecule has 0 heterocycles. The molecule has 76 valence electrons. The normalized spacial score (nSPS) is 12.0. The maximum absolute atomic E-state index is 11.1. The average molecular weight is 186 g/mol. The summed E-state index contributed by atoms with van der Waals surface area (Å²) in [5, 5.41) is 9.01. The Morgan fingerprint density at radius 3 is 2.31 bits per heavy atom. The van der Waals surface area contributed by atoms with Crippen LogP contribution in [0.2, 0.25) is 0 Å². The summed E-state index contributed by atoms with van der Waals surface area (Å²) in [5.41, 5.74) is 1.04. The van der Waals surface area contributed by atoms with Crippen LogP contribution in [0.25, 0.3) is 0 Å². The first-order valence-corrected chi connectivity index (χ1v) is 4.72. The fourth-order valence-electron chi connectivity index (χ4n) is 0.872. The summed E-state index contributed by atoms with van der Waals surface area (Å²) in [6.45, 7) is 5.72. The maximum Gasteiger partial charge on any atom is 0.332 e. The Bertz CT molecular complexity index is 179. The molecular weight excluding hydrogens is 168 g/mol. The summed E-state index contributed by atoms with van der Waals surface area (Å²) < 4.78 is 4.67. The van der Waals surface area contributed by atoms with Crippen LogP contribution in [0.15, 0.2) is 11.6 Å². The Balaban J connectivity index is 4.04. The lowest BCUT2D eigenvalue weighted by Crippen LogP contribution is -2.14. The van der Waals surface area contributed by atoms with Gasteiger partial charge in [0.2, 0.25) is 6.29 Å². The highest BCUT2D eigenvalue weighted by molar-refractivity contribution is 5.82. The summed E-state index contributed by atoms with van der Waals surface area (Å²) >= 11 is 0. The van der Waals surface area contributed by atoms with E-state index in [2.05, 4.69) is 4.74 Å². The van der Waals surface area contributed by atoms with Crippen LogP contribution in [0.3, 0.4) is 0 Å². The van der Waals surface area contributed by atoms with Crippen LogP contribution in [-0.4, -0.2) is 17.4 Å². The van der Waals surface area contributed by atoms with Crippen LogP contribution in [-0.2, 0) is 9.53 Å². The lowest BCUT2D eigenvalue weighted by Gasteiger charge is -2.07. The second-order valence-electron chi connectivity index (χ2n) is 2.81. The third-order valence-electron chi connectivity index (χ3n) is 1.83. The number of ether oxygens (including phenoxy) is 1. The molecule has 0 spiro atoms. The van der Waals surface area contributed by atoms with Crippen molar-refractivity contribution in [2.45, 2.75) is 46.3 Å². The molecule has 0 bridgehead atoms. The first-order chi connectivity index (χ1) is 6.13. The zero-order chi connectivity index (χ0) is 10.3. The predicted molar refractivity (Wildman–Crippen MR) is 51.1 cm³/mol. The molecule has 3 heteroatoms. The maximum atomic E-state index is 11.1. The van der Waals surface area contributed by atoms with E-state index in [1.165, 1.54) is 6.08 Å². The Kier molecular flexibility index (Phi) is 6.24. The van der Waals surface area contributed by atoms with Crippen LogP contribution in [0.1, 0.15) is 40.0 Å². The van der Waals surface area contributed by atoms with Gasteiger partial charge in [-0.05, 0) is 12.8 Å². The first kappa shape index (κ1) is 12.2. The molecule has 0 aromatic carbocycles. The van der Waals surface area contributed by atoms with Crippen molar-refractivity contribution in [2.75, 3.05) is 0 Å². The van der Waals surface area contributed by atoms with Gasteiger partial charge in [0.15, 0.2) is 0 Å². The number of allylic oxidation sites excluding steroid dienone is 1. The molecule has 0 rings (SSSR count). The lowest BCUT2D eigenvalue weighted by molar-refractivity contribution is -0.161. The fraction of sp³-hybridized carbons (Fsp3) is 0.700. The third-order valence-corrected chi connectivity index (χ3v) is 1.83. The largest absolute Gasteiger partial charge is 0.433 e. The van der Waals surface area contributed by atoms with Crippen LogP contribution >= 0.6 is 0 Å². The van der Waals surface area contributed by atoms with E-state index in [-0.39, 0.29) is 0 Å². The van der Waals surface area contributed by atoms with E-state index in [1.54, 1.807) is 6.92 Å². The molecule has 0 saturated carbocycles. The molecule has 1 atom stereocenters. The van der Waals surface area contributed by atoms with E-state index in [1.807, 2.05) is 13.8 Å². The minimum atomic E-state index is -0.973. The summed E-state index contributed by atoms with van der Waals surface area (Å²) in [6, 6.07) is 0. The van der Waals surface area contributed by atoms with Crippen LogP contribution < -0.4 is 0 Å². The number of hydrogen-bond donors (Lipinski definition) is 1. The highest BCUT2D eigenvalue weighted by Crippen LogP contribution is 2.06. The topological polar surface area (TPSA) is 46.5 Å². The van der Waals surface area contributed by atoms with Gasteiger partial charge in [0.1, 0.15) is 0 Å². The molecule has 0 aromatic rings. The molecule has 0 aromatic heterocycles. The Morgan fingerprint density at radius 1 is 1.38 bits per heavy atom. The van der Waals surface area contributed by atoms with E-state index in [9.17, 15) is 4.79 Å². The van der Waals surface area contributed by atoms with Gasteiger partial charge in [0, 0.05) is 12.5 Å². The molecule has 1 unspecified atom stereocenters. The van der Waals surface area contributed by atoms with Gasteiger partial charge in [-0.1, -0.05) is 26.3 Å². The third kappa shape index (κ3) is 5.42. The Morgan fingerprint density at radius 2 is 1.92 bits per heavy atom. The quantitative estimate of drug-likeness (QED) is 0.406. The minimum Gasteiger partial charge on any atom is -0.433 e. The fourth-order valence-corrected chi connectivity index (χ4v) is 0.872. The molecule has 0 aliphatic heterocycles. The zero-order valence-corrected chi connectivity index (χ0v) is 8.54. The van der Waals surface area contributed by atoms with E-state index >= 15 is 0 Å². The lowest BCUT2D eigenvalue weighted by atomic mass is 10.1. The second kappa shape index (κ2) is 6.66. The van der Waals surface area contributed by atoms with E-state index in [4.69, 9.17) is 5.11 Å². The average Bonchev–Trinajstić information content (AvgIpc) is 2.13. The van der Waals surface area contributed by atoms with Crippen molar-refractivity contribution in [3.05, 3.63) is 11.6 Å². The minimum absolute atomic E-state index is 0.424. The summed E-state index contributed by atoms with van der Waals surface area (Å²) in [6.07, 6.45) is 2.59. The number of esters is 1. The number of carbonyl (C=O) groups excluding carboxylic acids is 1. The zero-order valence-electron chi connectivity index (χ0n) is 8.54. The molecular formula is C10H18O3. The second-order valence-corrected chi connectivity index (χ2v) is 2.81. The number of aliphatic hydroxyl groups is 1. The van der Waals surface area contributed by atoms with E-state index in [0.29, 0.717) is 6.42 Å². The smallest absolute Gasteiger partial charge is 0.332 e. The standard InChI is InChI=1S/C10H18O3/c1-4-8(5-2)7-10(12)13-9(11)6-3/h7,9,11H,4-6H2,1-3H3. The van der Waals surface area contributed by atoms with Crippen LogP contribution in [0.4, 0.5) is 0 Å². The highest BCUT2D eigenvalue weighted by Gasteiger charge is 2.06. The molecule has 0 aliphatic rings. The SMILES string of the molecule is CCC(=CC(=O)OC(O)CC)CC. The number of rotatable bonds is 5. The number of aliphatic hydroxyl groups excluding tert-OH is 1. The van der Waals surface area contributed by atoms with Gasteiger partial charge in [0.25, 0.3) is 0 Å². The van der Waals surface area contributed by atoms with E-state index in [0.717, 1.165) is 18.4 Å². The van der Waals surface area contributed by atoms with Gasteiger partial charge in [0.05, 0.1) is 0 Å². The molecule has 0 amide bonds. The molecule has 13 heavy (non-hydrogen) atoms. The Hall–Kier alpha value is -0.830. The molecule has 1 N–H and O–H groups in total. The van der Waals surface area contributed by atoms with Crippen molar-refractivity contribution in [3.8, 4) is 0 Å². The molecule has 0 fully saturated rings. The number of hydrogen-bond acceptors (Lipinski definition) is 3. The van der Waals surface area contributed by atoms with Crippen molar-refractivity contribution < 1.29 is 14.6 Å². The van der Waals surface area contributed by atoms with Crippen molar-refractivity contribution >= 4 is 5.97 Å². The van der Waals surface area contributed by atoms with Crippen molar-refractivity contribution in [3.63, 3.8) is 0 Å². The van der Waals surface area contributed by atoms with Crippen LogP contribution in [0.5, 0.6) is 0 Å². The number of carbonyl (C=O) groups is 1. The van der Waals surface area contributed by atoms with Gasteiger partial charge in [-0.2, -0.15) is 0 Å². The Labute approximate surface area is 79.4 Å². The van der Waals surface area contributed by atoms with Gasteiger partial charge in [-0.25, -0.2) is 4.79 Å². The monoisotopic (exact) mass is 186 g/mol. The van der Waals surface area contributed by atoms with E-state index < -0.39 is 12.3 Å². The van der Waals surface area contributed by atoms with Crippen molar-refractivity contribution in [1.29, 1.82) is 0 Å². The molecule has 3 nitrogen and oxygen atoms in total. The van der Waals surface area contributed by atoms with Gasteiger partial charge in [-0.15, -0.1) is 0 Å². The van der Waals surface area contributed by atoms with Crippen molar-refractivity contribution in [1.82, 2.24) is 0 Å². The summed E-state index contributed by atoms with van der Waals surface area (Å²) in [4.78, 5) is 11.1. The van der Waals surface area contributed by atoms with Gasteiger partial charge in [-0.3, -0.25) is 0 Å². The first-order valence-electron chi connectivity index (χ1n) is 4.72. The molecule has 0 radical (unpaired) electrons. The molecule has 0 aliphatic carbocycles. The summed E-state index contributed by atoms with van der Waals surface area (Å²) in [7, 11) is 0. The summed E-state index contributed by atoms with van der Waals surface area (Å²) in [5.74, 6) is -0.451.